The third-order valence-corrected chi connectivity index (χ3v) is 2.98. The predicted molar refractivity (Wildman–Crippen MR) is 59.5 cm³/mol. The number of halogens is 2. The van der Waals surface area contributed by atoms with Crippen molar-refractivity contribution < 1.29 is 13.8 Å². The van der Waals surface area contributed by atoms with Crippen LogP contribution in [0.25, 0.3) is 0 Å². The minimum Gasteiger partial charge on any atom is -0.241 e. The van der Waals surface area contributed by atoms with Crippen LogP contribution in [-0.4, -0.2) is 4.98 Å². The van der Waals surface area contributed by atoms with E-state index in [4.69, 9.17) is 0 Å². The highest BCUT2D eigenvalue weighted by atomic mass is 32.2. The molecule has 1 aromatic heterocycles. The Labute approximate surface area is 99.9 Å². The molecule has 0 bridgehead atoms. The SMILES string of the molecule is O=c1cc[nH+]c(SCc2cc(F)cc(F)c2)[nH]1. The Morgan fingerprint density at radius 2 is 1.94 bits per heavy atom. The first-order chi connectivity index (χ1) is 8.13. The molecule has 0 radical (unpaired) electrons. The lowest BCUT2D eigenvalue weighted by Crippen LogP contribution is -2.16. The van der Waals surface area contributed by atoms with Gasteiger partial charge in [0, 0.05) is 11.8 Å². The molecule has 88 valence electrons. The molecule has 2 rings (SSSR count). The average Bonchev–Trinajstić information content (AvgIpc) is 2.25. The molecule has 1 heterocycles. The van der Waals surface area contributed by atoms with Crippen LogP contribution in [0.1, 0.15) is 5.56 Å². The van der Waals surface area contributed by atoms with Crippen LogP contribution in [0, 0.1) is 11.6 Å². The fourth-order valence-corrected chi connectivity index (χ4v) is 2.11. The van der Waals surface area contributed by atoms with Crippen molar-refractivity contribution in [2.75, 3.05) is 0 Å². The maximum Gasteiger partial charge on any atom is 0.335 e. The first kappa shape index (κ1) is 11.8. The molecule has 6 heteroatoms. The van der Waals surface area contributed by atoms with E-state index in [1.165, 1.54) is 36.2 Å². The van der Waals surface area contributed by atoms with Gasteiger partial charge in [0.15, 0.2) is 0 Å². The number of aromatic nitrogens is 2. The first-order valence-corrected chi connectivity index (χ1v) is 5.81. The van der Waals surface area contributed by atoms with Gasteiger partial charge in [0.1, 0.15) is 11.6 Å². The predicted octanol–water partition coefficient (Wildman–Crippen LogP) is 1.76. The molecule has 0 amide bonds. The van der Waals surface area contributed by atoms with Crippen molar-refractivity contribution in [3.8, 4) is 0 Å². The van der Waals surface area contributed by atoms with E-state index in [1.54, 1.807) is 0 Å². The van der Waals surface area contributed by atoms with Gasteiger partial charge in [-0.05, 0) is 29.5 Å². The van der Waals surface area contributed by atoms with Gasteiger partial charge in [-0.1, -0.05) is 0 Å². The van der Waals surface area contributed by atoms with E-state index >= 15 is 0 Å². The van der Waals surface area contributed by atoms with E-state index in [2.05, 4.69) is 9.97 Å². The third kappa shape index (κ3) is 3.39. The summed E-state index contributed by atoms with van der Waals surface area (Å²) >= 11 is 1.26. The molecule has 0 unspecified atom stereocenters. The molecule has 0 fully saturated rings. The number of rotatable bonds is 3. The van der Waals surface area contributed by atoms with Gasteiger partial charge in [-0.15, -0.1) is 0 Å². The molecule has 17 heavy (non-hydrogen) atoms. The molecular weight excluding hydrogens is 246 g/mol. The maximum absolute atomic E-state index is 12.9. The van der Waals surface area contributed by atoms with Gasteiger partial charge in [0.05, 0.1) is 12.3 Å². The van der Waals surface area contributed by atoms with Crippen LogP contribution in [0.5, 0.6) is 0 Å². The molecule has 2 aromatic rings. The second kappa shape index (κ2) is 5.09. The Kier molecular flexibility index (Phi) is 3.53. The van der Waals surface area contributed by atoms with Gasteiger partial charge >= 0.3 is 10.7 Å². The number of benzene rings is 1. The average molecular weight is 255 g/mol. The van der Waals surface area contributed by atoms with Crippen LogP contribution in [0.2, 0.25) is 0 Å². The molecule has 0 aliphatic heterocycles. The number of hydrogen-bond acceptors (Lipinski definition) is 2. The second-order valence-corrected chi connectivity index (χ2v) is 4.35. The van der Waals surface area contributed by atoms with Gasteiger partial charge in [-0.25, -0.2) is 23.5 Å². The fraction of sp³-hybridized carbons (Fsp3) is 0.0909. The Morgan fingerprint density at radius 3 is 2.59 bits per heavy atom. The van der Waals surface area contributed by atoms with E-state index in [9.17, 15) is 13.6 Å². The smallest absolute Gasteiger partial charge is 0.241 e. The van der Waals surface area contributed by atoms with E-state index in [0.717, 1.165) is 6.07 Å². The van der Waals surface area contributed by atoms with Crippen molar-refractivity contribution in [1.29, 1.82) is 0 Å². The topological polar surface area (TPSA) is 47.0 Å². The molecule has 0 aliphatic carbocycles. The van der Waals surface area contributed by atoms with Crippen molar-refractivity contribution in [2.24, 2.45) is 0 Å². The molecule has 0 saturated heterocycles. The molecule has 0 spiro atoms. The van der Waals surface area contributed by atoms with Gasteiger partial charge < -0.3 is 0 Å². The minimum absolute atomic E-state index is 0.225. The Morgan fingerprint density at radius 1 is 1.24 bits per heavy atom. The number of aromatic amines is 2. The van der Waals surface area contributed by atoms with Crippen LogP contribution in [-0.2, 0) is 5.75 Å². The standard InChI is InChI=1S/C11H8F2N2OS/c12-8-3-7(4-9(13)5-8)6-17-11-14-2-1-10(16)15-11/h1-5H,6H2,(H,14,15,16)/p+1. The Hall–Kier alpha value is -1.69. The third-order valence-electron chi connectivity index (χ3n) is 1.99. The zero-order valence-corrected chi connectivity index (χ0v) is 9.48. The molecular formula is C11H9F2N2OS+. The van der Waals surface area contributed by atoms with E-state index in [0.29, 0.717) is 16.5 Å². The Balaban J connectivity index is 2.09. The number of thioether (sulfide) groups is 1. The maximum atomic E-state index is 12.9. The summed E-state index contributed by atoms with van der Waals surface area (Å²) in [5.74, 6) is -0.845. The van der Waals surface area contributed by atoms with Crippen molar-refractivity contribution in [2.45, 2.75) is 10.9 Å². The van der Waals surface area contributed by atoms with Crippen molar-refractivity contribution in [3.63, 3.8) is 0 Å². The van der Waals surface area contributed by atoms with Crippen molar-refractivity contribution >= 4 is 11.8 Å². The van der Waals surface area contributed by atoms with Crippen LogP contribution >= 0.6 is 11.8 Å². The van der Waals surface area contributed by atoms with Crippen molar-refractivity contribution in [3.05, 3.63) is 58.0 Å². The lowest BCUT2D eigenvalue weighted by Gasteiger charge is -1.99. The fourth-order valence-electron chi connectivity index (χ4n) is 1.31. The summed E-state index contributed by atoms with van der Waals surface area (Å²) in [6.45, 7) is 0. The van der Waals surface area contributed by atoms with Gasteiger partial charge in [-0.3, -0.25) is 0 Å². The largest absolute Gasteiger partial charge is 0.335 e. The molecule has 0 aliphatic rings. The summed E-state index contributed by atoms with van der Waals surface area (Å²) in [6, 6.07) is 4.70. The van der Waals surface area contributed by atoms with Gasteiger partial charge in [-0.2, -0.15) is 0 Å². The van der Waals surface area contributed by atoms with E-state index in [1.807, 2.05) is 0 Å². The Bertz CT molecular complexity index is 565. The molecule has 3 nitrogen and oxygen atoms in total. The second-order valence-electron chi connectivity index (χ2n) is 3.36. The normalized spacial score (nSPS) is 10.5. The lowest BCUT2D eigenvalue weighted by molar-refractivity contribution is -0.434. The summed E-state index contributed by atoms with van der Waals surface area (Å²) < 4.78 is 25.8. The van der Waals surface area contributed by atoms with E-state index in [-0.39, 0.29) is 5.56 Å². The summed E-state index contributed by atoms with van der Waals surface area (Å²) in [7, 11) is 0. The molecule has 0 saturated carbocycles. The highest BCUT2D eigenvalue weighted by Gasteiger charge is 2.06. The van der Waals surface area contributed by atoms with Crippen LogP contribution in [0.15, 0.2) is 40.4 Å². The number of nitrogens with one attached hydrogen (secondary N) is 2. The highest BCUT2D eigenvalue weighted by Crippen LogP contribution is 2.18. The summed E-state index contributed by atoms with van der Waals surface area (Å²) in [4.78, 5) is 16.4. The van der Waals surface area contributed by atoms with Crippen molar-refractivity contribution in [1.82, 2.24) is 4.98 Å². The zero-order valence-electron chi connectivity index (χ0n) is 8.67. The first-order valence-electron chi connectivity index (χ1n) is 4.82. The number of hydrogen-bond donors (Lipinski definition) is 1. The van der Waals surface area contributed by atoms with Crippen LogP contribution in [0.4, 0.5) is 8.78 Å². The highest BCUT2D eigenvalue weighted by molar-refractivity contribution is 7.98. The zero-order chi connectivity index (χ0) is 12.3. The molecule has 0 atom stereocenters. The summed E-state index contributed by atoms with van der Waals surface area (Å²) in [5, 5.41) is 0.544. The van der Waals surface area contributed by atoms with Gasteiger partial charge in [0.25, 0.3) is 0 Å². The quantitative estimate of drug-likeness (QED) is 0.671. The summed E-state index contributed by atoms with van der Waals surface area (Å²) in [5.41, 5.74) is 0.294. The van der Waals surface area contributed by atoms with Crippen LogP contribution in [0.3, 0.4) is 0 Å². The monoisotopic (exact) mass is 255 g/mol. The van der Waals surface area contributed by atoms with Crippen LogP contribution < -0.4 is 10.5 Å². The van der Waals surface area contributed by atoms with E-state index < -0.39 is 11.6 Å². The summed E-state index contributed by atoms with van der Waals surface area (Å²) in [6.07, 6.45) is 1.51. The van der Waals surface area contributed by atoms with Gasteiger partial charge in [0.2, 0.25) is 0 Å². The molecule has 2 N–H and O–H groups in total. The lowest BCUT2D eigenvalue weighted by atomic mass is 10.2. The molecule has 1 aromatic carbocycles. The minimum atomic E-state index is -0.605. The number of H-pyrrole nitrogens is 2.